The highest BCUT2D eigenvalue weighted by molar-refractivity contribution is 5.85. The van der Waals surface area contributed by atoms with Crippen LogP contribution in [0, 0.1) is 17.0 Å². The van der Waals surface area contributed by atoms with Gasteiger partial charge in [0.05, 0.1) is 4.92 Å². The Hall–Kier alpha value is -3.62. The average molecular weight is 373 g/mol. The number of nitro benzene ring substituents is 1. The Morgan fingerprint density at radius 2 is 1.63 bits per heavy atom. The van der Waals surface area contributed by atoms with Gasteiger partial charge < -0.3 is 9.47 Å². The fraction of sp³-hybridized carbons (Fsp3) is 0.222. The number of nitro groups is 1. The molecule has 142 valence electrons. The lowest BCUT2D eigenvalue weighted by atomic mass is 10.2. The molecule has 0 spiro atoms. The topological polar surface area (TPSA) is 120 Å². The summed E-state index contributed by atoms with van der Waals surface area (Å²) in [5.41, 5.74) is 5.44. The Bertz CT molecular complexity index is 805. The number of ether oxygens (including phenoxy) is 2. The average Bonchev–Trinajstić information content (AvgIpc) is 2.66. The molecular formula is C18H19N3O6. The molecule has 2 N–H and O–H groups in total. The summed E-state index contributed by atoms with van der Waals surface area (Å²) in [6.07, 6.45) is -0.816. The molecule has 0 radical (unpaired) electrons. The monoisotopic (exact) mass is 373 g/mol. The van der Waals surface area contributed by atoms with Crippen LogP contribution in [-0.4, -0.2) is 29.4 Å². The van der Waals surface area contributed by atoms with E-state index < -0.39 is 22.8 Å². The molecule has 0 aromatic heterocycles. The van der Waals surface area contributed by atoms with Crippen LogP contribution in [0.4, 0.5) is 5.69 Å². The fourth-order valence-electron chi connectivity index (χ4n) is 1.96. The zero-order valence-corrected chi connectivity index (χ0v) is 14.8. The number of hydrogen-bond donors (Lipinski definition) is 2. The first-order valence-electron chi connectivity index (χ1n) is 8.04. The van der Waals surface area contributed by atoms with Gasteiger partial charge in [-0.25, -0.2) is 0 Å². The predicted octanol–water partition coefficient (Wildman–Crippen LogP) is 1.90. The summed E-state index contributed by atoms with van der Waals surface area (Å²) in [6.45, 7) is 3.12. The van der Waals surface area contributed by atoms with E-state index in [0.29, 0.717) is 5.75 Å². The van der Waals surface area contributed by atoms with Crippen LogP contribution < -0.4 is 20.3 Å². The number of nitrogens with one attached hydrogen (secondary N) is 2. The molecule has 2 aromatic rings. The maximum absolute atomic E-state index is 11.9. The van der Waals surface area contributed by atoms with Crippen molar-refractivity contribution in [3.05, 3.63) is 64.2 Å². The smallest absolute Gasteiger partial charge is 0.279 e. The zero-order valence-electron chi connectivity index (χ0n) is 14.8. The van der Waals surface area contributed by atoms with E-state index in [0.717, 1.165) is 5.56 Å². The van der Waals surface area contributed by atoms with E-state index in [2.05, 4.69) is 10.9 Å². The Labute approximate surface area is 155 Å². The van der Waals surface area contributed by atoms with Crippen molar-refractivity contribution in [3.8, 4) is 11.5 Å². The summed E-state index contributed by atoms with van der Waals surface area (Å²) in [5, 5.41) is 10.6. The molecule has 0 saturated carbocycles. The minimum Gasteiger partial charge on any atom is -0.484 e. The van der Waals surface area contributed by atoms with Gasteiger partial charge >= 0.3 is 0 Å². The maximum atomic E-state index is 11.9. The third kappa shape index (κ3) is 6.31. The third-order valence-electron chi connectivity index (χ3n) is 3.45. The molecule has 0 bridgehead atoms. The van der Waals surface area contributed by atoms with Gasteiger partial charge in [-0.15, -0.1) is 0 Å². The van der Waals surface area contributed by atoms with Crippen molar-refractivity contribution in [2.45, 2.75) is 20.0 Å². The van der Waals surface area contributed by atoms with E-state index in [1.807, 2.05) is 19.1 Å². The lowest BCUT2D eigenvalue weighted by Crippen LogP contribution is -2.48. The molecule has 1 atom stereocenters. The van der Waals surface area contributed by atoms with Gasteiger partial charge in [0.25, 0.3) is 17.5 Å². The molecular weight excluding hydrogens is 354 g/mol. The van der Waals surface area contributed by atoms with E-state index in [-0.39, 0.29) is 18.0 Å². The molecule has 27 heavy (non-hydrogen) atoms. The second-order valence-corrected chi connectivity index (χ2v) is 5.65. The van der Waals surface area contributed by atoms with E-state index in [1.54, 1.807) is 19.1 Å². The molecule has 0 aliphatic rings. The molecule has 0 aliphatic heterocycles. The normalized spacial score (nSPS) is 11.2. The van der Waals surface area contributed by atoms with Crippen LogP contribution in [0.2, 0.25) is 0 Å². The number of carbonyl (C=O) groups is 2. The summed E-state index contributed by atoms with van der Waals surface area (Å²) in [6, 6.07) is 12.5. The summed E-state index contributed by atoms with van der Waals surface area (Å²) in [4.78, 5) is 33.7. The molecule has 0 saturated heterocycles. The second-order valence-electron chi connectivity index (χ2n) is 5.65. The number of carbonyl (C=O) groups excluding carboxylic acids is 2. The van der Waals surface area contributed by atoms with Gasteiger partial charge in [-0.05, 0) is 38.1 Å². The summed E-state index contributed by atoms with van der Waals surface area (Å²) in [7, 11) is 0. The van der Waals surface area contributed by atoms with E-state index in [9.17, 15) is 19.7 Å². The van der Waals surface area contributed by atoms with Crippen molar-refractivity contribution >= 4 is 17.5 Å². The fourth-order valence-corrected chi connectivity index (χ4v) is 1.96. The molecule has 0 aliphatic carbocycles. The van der Waals surface area contributed by atoms with Gasteiger partial charge in [-0.3, -0.25) is 30.6 Å². The van der Waals surface area contributed by atoms with Gasteiger partial charge in [0.2, 0.25) is 0 Å². The van der Waals surface area contributed by atoms with Crippen LogP contribution >= 0.6 is 0 Å². The van der Waals surface area contributed by atoms with Crippen LogP contribution in [-0.2, 0) is 9.59 Å². The number of nitrogens with zero attached hydrogens (tertiary/aromatic N) is 1. The van der Waals surface area contributed by atoms with Gasteiger partial charge in [0.15, 0.2) is 12.7 Å². The molecule has 2 aromatic carbocycles. The van der Waals surface area contributed by atoms with Crippen molar-refractivity contribution in [3.63, 3.8) is 0 Å². The van der Waals surface area contributed by atoms with E-state index >= 15 is 0 Å². The zero-order chi connectivity index (χ0) is 19.8. The highest BCUT2D eigenvalue weighted by Gasteiger charge is 2.15. The van der Waals surface area contributed by atoms with Crippen LogP contribution in [0.15, 0.2) is 48.5 Å². The number of aryl methyl sites for hydroxylation is 1. The Morgan fingerprint density at radius 3 is 2.22 bits per heavy atom. The highest BCUT2D eigenvalue weighted by atomic mass is 16.6. The van der Waals surface area contributed by atoms with Gasteiger partial charge in [-0.2, -0.15) is 0 Å². The Kier molecular flexibility index (Phi) is 6.70. The molecule has 0 heterocycles. The largest absolute Gasteiger partial charge is 0.484 e. The van der Waals surface area contributed by atoms with Crippen molar-refractivity contribution in [2.24, 2.45) is 0 Å². The standard InChI is InChI=1S/C18H19N3O6/c1-12-3-7-16(8-4-12)27-13(2)18(23)20-19-17(22)11-26-15-9-5-14(6-10-15)21(24)25/h3-10,13H,11H2,1-2H3,(H,19,22)(H,20,23). The first-order chi connectivity index (χ1) is 12.8. The van der Waals surface area contributed by atoms with Crippen LogP contribution in [0.3, 0.4) is 0 Å². The minimum atomic E-state index is -0.816. The quantitative estimate of drug-likeness (QED) is 0.565. The molecule has 0 fully saturated rings. The van der Waals surface area contributed by atoms with Crippen LogP contribution in [0.25, 0.3) is 0 Å². The number of hydrogen-bond acceptors (Lipinski definition) is 6. The molecule has 9 nitrogen and oxygen atoms in total. The number of rotatable bonds is 7. The third-order valence-corrected chi connectivity index (χ3v) is 3.45. The second kappa shape index (κ2) is 9.18. The number of hydrazine groups is 1. The maximum Gasteiger partial charge on any atom is 0.279 e. The van der Waals surface area contributed by atoms with Gasteiger partial charge in [0.1, 0.15) is 11.5 Å². The molecule has 2 rings (SSSR count). The van der Waals surface area contributed by atoms with Gasteiger partial charge in [0, 0.05) is 12.1 Å². The van der Waals surface area contributed by atoms with E-state index in [4.69, 9.17) is 9.47 Å². The number of amides is 2. The highest BCUT2D eigenvalue weighted by Crippen LogP contribution is 2.17. The van der Waals surface area contributed by atoms with Crippen LogP contribution in [0.5, 0.6) is 11.5 Å². The summed E-state index contributed by atoms with van der Waals surface area (Å²) >= 11 is 0. The molecule has 9 heteroatoms. The summed E-state index contributed by atoms with van der Waals surface area (Å²) in [5.74, 6) is -0.294. The first-order valence-corrected chi connectivity index (χ1v) is 8.04. The van der Waals surface area contributed by atoms with Crippen molar-refractivity contribution in [1.82, 2.24) is 10.9 Å². The summed E-state index contributed by atoms with van der Waals surface area (Å²) < 4.78 is 10.7. The number of benzene rings is 2. The minimum absolute atomic E-state index is 0.0818. The molecule has 2 amide bonds. The predicted molar refractivity (Wildman–Crippen MR) is 96.1 cm³/mol. The lowest BCUT2D eigenvalue weighted by molar-refractivity contribution is -0.384. The van der Waals surface area contributed by atoms with Gasteiger partial charge in [-0.1, -0.05) is 17.7 Å². The van der Waals surface area contributed by atoms with Crippen molar-refractivity contribution in [1.29, 1.82) is 0 Å². The Morgan fingerprint density at radius 1 is 1.04 bits per heavy atom. The first kappa shape index (κ1) is 19.7. The SMILES string of the molecule is Cc1ccc(OC(C)C(=O)NNC(=O)COc2ccc([N+](=O)[O-])cc2)cc1. The molecule has 1 unspecified atom stereocenters. The number of non-ortho nitro benzene ring substituents is 1. The van der Waals surface area contributed by atoms with Crippen LogP contribution in [0.1, 0.15) is 12.5 Å². The van der Waals surface area contributed by atoms with Crippen molar-refractivity contribution < 1.29 is 24.0 Å². The Balaban J connectivity index is 1.73. The lowest BCUT2D eigenvalue weighted by Gasteiger charge is -2.15. The van der Waals surface area contributed by atoms with Crippen molar-refractivity contribution in [2.75, 3.05) is 6.61 Å². The van der Waals surface area contributed by atoms with E-state index in [1.165, 1.54) is 24.3 Å².